The summed E-state index contributed by atoms with van der Waals surface area (Å²) < 4.78 is 0. The summed E-state index contributed by atoms with van der Waals surface area (Å²) in [5, 5.41) is 0. The first-order chi connectivity index (χ1) is 8.19. The third-order valence-corrected chi connectivity index (χ3v) is 4.22. The van der Waals surface area contributed by atoms with Crippen LogP contribution in [0, 0.1) is 16.7 Å². The number of hydrogen-bond acceptors (Lipinski definition) is 2. The van der Waals surface area contributed by atoms with Crippen molar-refractivity contribution in [2.75, 3.05) is 0 Å². The number of carbonyl (C=O) groups excluding carboxylic acids is 2. The van der Waals surface area contributed by atoms with E-state index in [1.807, 2.05) is 0 Å². The zero-order valence-electron chi connectivity index (χ0n) is 12.0. The van der Waals surface area contributed by atoms with E-state index in [-0.39, 0.29) is 22.5 Å². The van der Waals surface area contributed by atoms with Crippen LogP contribution in [0.4, 0.5) is 0 Å². The van der Waals surface area contributed by atoms with E-state index in [0.29, 0.717) is 25.0 Å². The van der Waals surface area contributed by atoms with Gasteiger partial charge in [-0.2, -0.15) is 0 Å². The molecule has 0 radical (unpaired) electrons. The van der Waals surface area contributed by atoms with E-state index in [0.717, 1.165) is 18.4 Å². The molecule has 2 nitrogen and oxygen atoms in total. The molecule has 2 aliphatic rings. The first-order valence-electron chi connectivity index (χ1n) is 6.94. The number of rotatable bonds is 1. The molecule has 1 fully saturated rings. The second-order valence-electron chi connectivity index (χ2n) is 7.61. The summed E-state index contributed by atoms with van der Waals surface area (Å²) in [6.45, 7) is 8.53. The van der Waals surface area contributed by atoms with Crippen LogP contribution in [-0.4, -0.2) is 11.6 Å². The van der Waals surface area contributed by atoms with Gasteiger partial charge in [0.15, 0.2) is 5.78 Å². The highest BCUT2D eigenvalue weighted by Gasteiger charge is 2.38. The van der Waals surface area contributed by atoms with Gasteiger partial charge < -0.3 is 0 Å². The molecule has 0 amide bonds. The maximum atomic E-state index is 12.2. The first kappa shape index (κ1) is 13.5. The molecule has 0 aromatic rings. The Morgan fingerprint density at radius 1 is 1.06 bits per heavy atom. The third-order valence-electron chi connectivity index (χ3n) is 4.22. The molecule has 2 heteroatoms. The molecule has 100 valence electrons. The van der Waals surface area contributed by atoms with Crippen LogP contribution in [-0.2, 0) is 9.59 Å². The minimum atomic E-state index is 0.0497. The molecule has 0 aliphatic heterocycles. The Hall–Kier alpha value is -0.920. The zero-order valence-corrected chi connectivity index (χ0v) is 12.0. The van der Waals surface area contributed by atoms with Gasteiger partial charge in [-0.15, -0.1) is 0 Å². The van der Waals surface area contributed by atoms with Gasteiger partial charge in [0.05, 0.1) is 0 Å². The fourth-order valence-electron chi connectivity index (χ4n) is 3.42. The van der Waals surface area contributed by atoms with Crippen molar-refractivity contribution < 1.29 is 9.59 Å². The number of hydrogen-bond donors (Lipinski definition) is 0. The number of carbonyl (C=O) groups is 2. The molecule has 1 unspecified atom stereocenters. The number of allylic oxidation sites excluding steroid dienone is 2. The molecule has 0 saturated heterocycles. The van der Waals surface area contributed by atoms with Gasteiger partial charge in [0.2, 0.25) is 0 Å². The summed E-state index contributed by atoms with van der Waals surface area (Å²) in [5.41, 5.74) is 1.08. The van der Waals surface area contributed by atoms with E-state index < -0.39 is 0 Å². The van der Waals surface area contributed by atoms with Gasteiger partial charge in [0, 0.05) is 19.3 Å². The van der Waals surface area contributed by atoms with Gasteiger partial charge in [-0.05, 0) is 35.2 Å². The van der Waals surface area contributed by atoms with E-state index in [1.165, 1.54) is 0 Å². The van der Waals surface area contributed by atoms with E-state index in [4.69, 9.17) is 0 Å². The quantitative estimate of drug-likeness (QED) is 0.709. The highest BCUT2D eigenvalue weighted by molar-refractivity contribution is 5.98. The van der Waals surface area contributed by atoms with Crippen molar-refractivity contribution in [3.63, 3.8) is 0 Å². The van der Waals surface area contributed by atoms with Crippen molar-refractivity contribution in [3.05, 3.63) is 11.6 Å². The molecular formula is C16H24O2. The number of ketones is 2. The highest BCUT2D eigenvalue weighted by Crippen LogP contribution is 2.43. The molecule has 18 heavy (non-hydrogen) atoms. The van der Waals surface area contributed by atoms with E-state index >= 15 is 0 Å². The van der Waals surface area contributed by atoms with E-state index in [9.17, 15) is 9.59 Å². The third kappa shape index (κ3) is 2.90. The van der Waals surface area contributed by atoms with Crippen LogP contribution in [0.1, 0.15) is 59.8 Å². The topological polar surface area (TPSA) is 34.1 Å². The Morgan fingerprint density at radius 3 is 2.28 bits per heavy atom. The number of Topliss-reactive ketones (excluding diaryl/α,β-unsaturated/α-hetero) is 2. The van der Waals surface area contributed by atoms with Crippen molar-refractivity contribution in [2.24, 2.45) is 16.7 Å². The van der Waals surface area contributed by atoms with Crippen molar-refractivity contribution in [1.29, 1.82) is 0 Å². The lowest BCUT2D eigenvalue weighted by Crippen LogP contribution is -2.34. The molecular weight excluding hydrogens is 224 g/mol. The maximum Gasteiger partial charge on any atom is 0.159 e. The van der Waals surface area contributed by atoms with E-state index in [1.54, 1.807) is 0 Å². The Balaban J connectivity index is 2.19. The predicted molar refractivity (Wildman–Crippen MR) is 72.2 cm³/mol. The van der Waals surface area contributed by atoms with Crippen LogP contribution < -0.4 is 0 Å². The molecule has 0 aromatic carbocycles. The first-order valence-corrected chi connectivity index (χ1v) is 6.94. The van der Waals surface area contributed by atoms with Crippen molar-refractivity contribution in [1.82, 2.24) is 0 Å². The standard InChI is InChI=1S/C16H24O2/c1-15(2)6-5-13(14(18)10-15)11-7-12(17)9-16(3,4)8-11/h5,11H,6-10H2,1-4H3. The molecule has 2 rings (SSSR count). The van der Waals surface area contributed by atoms with Crippen LogP contribution in [0.5, 0.6) is 0 Å². The minimum absolute atomic E-state index is 0.0497. The predicted octanol–water partition coefficient (Wildman–Crippen LogP) is 3.70. The second-order valence-corrected chi connectivity index (χ2v) is 7.61. The molecule has 1 atom stereocenters. The van der Waals surface area contributed by atoms with Gasteiger partial charge >= 0.3 is 0 Å². The van der Waals surface area contributed by atoms with Crippen LogP contribution in [0.25, 0.3) is 0 Å². The molecule has 0 N–H and O–H groups in total. The molecule has 2 aliphatic carbocycles. The van der Waals surface area contributed by atoms with Crippen molar-refractivity contribution >= 4 is 11.6 Å². The lowest BCUT2D eigenvalue weighted by molar-refractivity contribution is -0.124. The SMILES string of the molecule is CC1(C)CC=C(C2CC(=O)CC(C)(C)C2)C(=O)C1. The normalized spacial score (nSPS) is 31.1. The molecule has 1 saturated carbocycles. The fraction of sp³-hybridized carbons (Fsp3) is 0.750. The van der Waals surface area contributed by atoms with Gasteiger partial charge in [-0.25, -0.2) is 0 Å². The van der Waals surface area contributed by atoms with Gasteiger partial charge in [-0.1, -0.05) is 33.8 Å². The Bertz CT molecular complexity index is 413. The second kappa shape index (κ2) is 4.32. The van der Waals surface area contributed by atoms with Gasteiger partial charge in [0.1, 0.15) is 5.78 Å². The Kier molecular flexibility index (Phi) is 3.25. The molecule has 0 bridgehead atoms. The maximum absolute atomic E-state index is 12.2. The average molecular weight is 248 g/mol. The summed E-state index contributed by atoms with van der Waals surface area (Å²) in [6.07, 6.45) is 5.89. The Labute approximate surface area is 110 Å². The molecule has 0 spiro atoms. The van der Waals surface area contributed by atoms with Crippen molar-refractivity contribution in [3.8, 4) is 0 Å². The highest BCUT2D eigenvalue weighted by atomic mass is 16.1. The van der Waals surface area contributed by atoms with Crippen LogP contribution >= 0.6 is 0 Å². The van der Waals surface area contributed by atoms with Gasteiger partial charge in [-0.3, -0.25) is 9.59 Å². The minimum Gasteiger partial charge on any atom is -0.300 e. The Morgan fingerprint density at radius 2 is 1.72 bits per heavy atom. The lowest BCUT2D eigenvalue weighted by atomic mass is 9.66. The lowest BCUT2D eigenvalue weighted by Gasteiger charge is -2.37. The molecule has 0 aromatic heterocycles. The van der Waals surface area contributed by atoms with Crippen LogP contribution in [0.15, 0.2) is 11.6 Å². The van der Waals surface area contributed by atoms with Crippen molar-refractivity contribution in [2.45, 2.75) is 59.8 Å². The fourth-order valence-corrected chi connectivity index (χ4v) is 3.42. The summed E-state index contributed by atoms with van der Waals surface area (Å²) in [7, 11) is 0. The van der Waals surface area contributed by atoms with Gasteiger partial charge in [0.25, 0.3) is 0 Å². The van der Waals surface area contributed by atoms with Crippen LogP contribution in [0.3, 0.4) is 0 Å². The zero-order chi connectivity index (χ0) is 13.6. The monoisotopic (exact) mass is 248 g/mol. The molecule has 0 heterocycles. The largest absolute Gasteiger partial charge is 0.300 e. The summed E-state index contributed by atoms with van der Waals surface area (Å²) in [4.78, 5) is 24.1. The summed E-state index contributed by atoms with van der Waals surface area (Å²) in [6, 6.07) is 0. The average Bonchev–Trinajstić information content (AvgIpc) is 2.11. The van der Waals surface area contributed by atoms with E-state index in [2.05, 4.69) is 33.8 Å². The van der Waals surface area contributed by atoms with Crippen LogP contribution in [0.2, 0.25) is 0 Å². The summed E-state index contributed by atoms with van der Waals surface area (Å²) >= 11 is 0. The smallest absolute Gasteiger partial charge is 0.159 e. The summed E-state index contributed by atoms with van der Waals surface area (Å²) in [5.74, 6) is 0.751.